The minimum atomic E-state index is -1.23. The lowest BCUT2D eigenvalue weighted by molar-refractivity contribution is -0.164. The van der Waals surface area contributed by atoms with E-state index in [-0.39, 0.29) is 24.3 Å². The van der Waals surface area contributed by atoms with Gasteiger partial charge >= 0.3 is 11.9 Å². The van der Waals surface area contributed by atoms with Crippen LogP contribution in [0.25, 0.3) is 0 Å². The summed E-state index contributed by atoms with van der Waals surface area (Å²) in [5.41, 5.74) is 2.15. The van der Waals surface area contributed by atoms with Crippen molar-refractivity contribution in [3.05, 3.63) is 89.5 Å². The summed E-state index contributed by atoms with van der Waals surface area (Å²) in [6, 6.07) is 15.6. The van der Waals surface area contributed by atoms with Gasteiger partial charge in [-0.05, 0) is 85.9 Å². The second-order valence-corrected chi connectivity index (χ2v) is 15.2. The summed E-state index contributed by atoms with van der Waals surface area (Å²) >= 11 is 0. The summed E-state index contributed by atoms with van der Waals surface area (Å²) in [7, 11) is 9.21. The quantitative estimate of drug-likeness (QED) is 0.141. The van der Waals surface area contributed by atoms with Crippen LogP contribution in [0.2, 0.25) is 0 Å². The number of benzene rings is 3. The number of likely N-dealkylation sites (N-methyl/N-ethyl adjacent to an activating group) is 3. The smallest absolute Gasteiger partial charge is 0.328 e. The molecule has 14 nitrogen and oxygen atoms in total. The van der Waals surface area contributed by atoms with Crippen LogP contribution in [0, 0.1) is 11.8 Å². The monoisotopic (exact) mass is 804 g/mol. The number of hydrogen-bond acceptors (Lipinski definition) is 11. The fraction of sp³-hybridized carbons (Fsp3) is 0.477. The zero-order chi connectivity index (χ0) is 43.3. The van der Waals surface area contributed by atoms with Gasteiger partial charge in [-0.1, -0.05) is 64.1 Å². The van der Waals surface area contributed by atoms with Gasteiger partial charge in [-0.2, -0.15) is 0 Å². The summed E-state index contributed by atoms with van der Waals surface area (Å²) in [6.07, 6.45) is -0.341. The van der Waals surface area contributed by atoms with E-state index in [4.69, 9.17) is 14.2 Å². The van der Waals surface area contributed by atoms with Gasteiger partial charge in [-0.25, -0.2) is 4.79 Å². The third-order valence-corrected chi connectivity index (χ3v) is 10.5. The number of hydrogen-bond donors (Lipinski definition) is 3. The molecule has 1 unspecified atom stereocenters. The second-order valence-electron chi connectivity index (χ2n) is 15.2. The van der Waals surface area contributed by atoms with Gasteiger partial charge in [0.1, 0.15) is 41.4 Å². The van der Waals surface area contributed by atoms with E-state index in [1.165, 1.54) is 55.3 Å². The lowest BCUT2D eigenvalue weighted by atomic mass is 9.96. The van der Waals surface area contributed by atoms with Gasteiger partial charge in [0.2, 0.25) is 11.8 Å². The average molecular weight is 805 g/mol. The maximum absolute atomic E-state index is 14.5. The lowest BCUT2D eigenvalue weighted by Crippen LogP contribution is -2.59. The molecule has 0 bridgehead atoms. The first-order valence-electron chi connectivity index (χ1n) is 19.4. The fourth-order valence-electron chi connectivity index (χ4n) is 6.43. The van der Waals surface area contributed by atoms with Crippen LogP contribution >= 0.6 is 0 Å². The highest BCUT2D eigenvalue weighted by atomic mass is 16.6. The predicted molar refractivity (Wildman–Crippen MR) is 219 cm³/mol. The fourth-order valence-corrected chi connectivity index (χ4v) is 6.43. The minimum Gasteiger partial charge on any atom is -0.508 e. The number of methoxy groups -OCH3 is 2. The van der Waals surface area contributed by atoms with Crippen molar-refractivity contribution in [2.24, 2.45) is 11.8 Å². The third kappa shape index (κ3) is 12.7. The van der Waals surface area contributed by atoms with E-state index in [0.29, 0.717) is 29.7 Å². The Bertz CT molecular complexity index is 1820. The highest BCUT2D eigenvalue weighted by Crippen LogP contribution is 2.22. The van der Waals surface area contributed by atoms with Gasteiger partial charge in [-0.15, -0.1) is 0 Å². The molecule has 0 radical (unpaired) electrons. The first-order chi connectivity index (χ1) is 27.4. The molecule has 3 aromatic rings. The van der Waals surface area contributed by atoms with Gasteiger partial charge in [0.05, 0.1) is 14.2 Å². The molecular weight excluding hydrogens is 745 g/mol. The SMILES string of the molecule is CC[C@H](C)[C@@H](OC(=O)C(Cc1ccc(OC)cc1)N(C)C)C(=O)N[C@@H](C(=O)N(C)[C@@H](Cc1ccc(O)cc1)C(=O)N(C)[C@H](Cc1ccc(O)cc1)C(=O)OC)C(C)C. The molecule has 316 valence electrons. The number of amides is 3. The standard InChI is InChI=1S/C44H60N4O10/c1-11-28(4)39(58-44(55)36(46(5)6)25-31-16-22-34(56-9)23-17-31)40(51)45-38(27(2)3)42(53)47(7)35(24-29-12-18-32(49)19-13-29)41(52)48(8)37(43(54)57-10)26-30-14-20-33(50)21-15-30/h12-23,27-28,35-39,49-50H,11,24-26H2,1-10H3,(H,45,51)/t28-,35-,36?,37+,38+,39+/m0/s1. The van der Waals surface area contributed by atoms with Crippen LogP contribution in [0.4, 0.5) is 0 Å². The molecule has 0 saturated carbocycles. The van der Waals surface area contributed by atoms with Gasteiger partial charge in [0, 0.05) is 32.9 Å². The second kappa shape index (κ2) is 21.8. The molecule has 58 heavy (non-hydrogen) atoms. The Hall–Kier alpha value is -5.63. The van der Waals surface area contributed by atoms with Crippen LogP contribution in [0.3, 0.4) is 0 Å². The van der Waals surface area contributed by atoms with E-state index in [0.717, 1.165) is 5.56 Å². The van der Waals surface area contributed by atoms with E-state index in [9.17, 15) is 34.2 Å². The molecule has 0 saturated heterocycles. The summed E-state index contributed by atoms with van der Waals surface area (Å²) in [5, 5.41) is 22.6. The van der Waals surface area contributed by atoms with Crippen molar-refractivity contribution in [2.75, 3.05) is 42.4 Å². The molecule has 6 atom stereocenters. The van der Waals surface area contributed by atoms with Crippen molar-refractivity contribution < 1.29 is 48.4 Å². The zero-order valence-corrected chi connectivity index (χ0v) is 35.3. The number of aromatic hydroxyl groups is 2. The van der Waals surface area contributed by atoms with Crippen molar-refractivity contribution in [3.8, 4) is 17.2 Å². The Morgan fingerprint density at radius 2 is 1.09 bits per heavy atom. The molecule has 0 aromatic heterocycles. The normalized spacial score (nSPS) is 14.3. The van der Waals surface area contributed by atoms with E-state index >= 15 is 0 Å². The van der Waals surface area contributed by atoms with Crippen molar-refractivity contribution in [1.82, 2.24) is 20.0 Å². The van der Waals surface area contributed by atoms with E-state index in [1.807, 2.05) is 19.1 Å². The van der Waals surface area contributed by atoms with Crippen LogP contribution in [-0.4, -0.2) is 127 Å². The van der Waals surface area contributed by atoms with Crippen LogP contribution < -0.4 is 10.1 Å². The van der Waals surface area contributed by atoms with Crippen molar-refractivity contribution in [3.63, 3.8) is 0 Å². The number of rotatable bonds is 20. The highest BCUT2D eigenvalue weighted by Gasteiger charge is 2.40. The van der Waals surface area contributed by atoms with Crippen molar-refractivity contribution in [2.45, 2.75) is 83.6 Å². The third-order valence-electron chi connectivity index (χ3n) is 10.5. The molecule has 3 rings (SSSR count). The van der Waals surface area contributed by atoms with Gasteiger partial charge in [0.15, 0.2) is 6.10 Å². The number of nitrogens with zero attached hydrogens (tertiary/aromatic N) is 3. The molecule has 14 heteroatoms. The Labute approximate surface area is 342 Å². The molecule has 3 aromatic carbocycles. The van der Waals surface area contributed by atoms with Crippen molar-refractivity contribution in [1.29, 1.82) is 0 Å². The topological polar surface area (TPSA) is 175 Å². The Kier molecular flexibility index (Phi) is 17.5. The predicted octanol–water partition coefficient (Wildman–Crippen LogP) is 3.99. The molecule has 0 aliphatic rings. The molecule has 0 aliphatic heterocycles. The Balaban J connectivity index is 1.92. The summed E-state index contributed by atoms with van der Waals surface area (Å²) in [6.45, 7) is 7.18. The van der Waals surface area contributed by atoms with Crippen LogP contribution in [0.5, 0.6) is 17.2 Å². The van der Waals surface area contributed by atoms with Crippen LogP contribution in [0.15, 0.2) is 72.8 Å². The largest absolute Gasteiger partial charge is 0.508 e. The van der Waals surface area contributed by atoms with Gasteiger partial charge < -0.3 is 39.5 Å². The number of nitrogens with one attached hydrogen (secondary N) is 1. The summed E-state index contributed by atoms with van der Waals surface area (Å²) in [4.78, 5) is 74.2. The molecule has 0 heterocycles. The molecule has 0 aliphatic carbocycles. The number of phenols is 2. The summed E-state index contributed by atoms with van der Waals surface area (Å²) in [5.74, 6) is -3.22. The zero-order valence-electron chi connectivity index (χ0n) is 35.3. The Morgan fingerprint density at radius 3 is 1.52 bits per heavy atom. The minimum absolute atomic E-state index is 0.00475. The van der Waals surface area contributed by atoms with E-state index in [2.05, 4.69) is 5.32 Å². The molecule has 0 spiro atoms. The Morgan fingerprint density at radius 1 is 0.638 bits per heavy atom. The number of carbonyl (C=O) groups is 5. The maximum atomic E-state index is 14.5. The summed E-state index contributed by atoms with van der Waals surface area (Å²) < 4.78 is 16.3. The van der Waals surface area contributed by atoms with Crippen molar-refractivity contribution >= 4 is 29.7 Å². The van der Waals surface area contributed by atoms with Crippen LogP contribution in [0.1, 0.15) is 50.8 Å². The highest BCUT2D eigenvalue weighted by molar-refractivity contribution is 5.95. The number of ether oxygens (including phenoxy) is 3. The lowest BCUT2D eigenvalue weighted by Gasteiger charge is -2.36. The molecular formula is C44H60N4O10. The number of carbonyl (C=O) groups excluding carboxylic acids is 5. The van der Waals surface area contributed by atoms with E-state index in [1.54, 1.807) is 83.3 Å². The first-order valence-corrected chi connectivity index (χ1v) is 19.4. The number of phenolic OH excluding ortho intramolecular Hbond substituents is 2. The number of esters is 2. The average Bonchev–Trinajstić information content (AvgIpc) is 3.21. The molecule has 0 fully saturated rings. The molecule has 3 N–H and O–H groups in total. The maximum Gasteiger partial charge on any atom is 0.328 e. The van der Waals surface area contributed by atoms with Gasteiger partial charge in [0.25, 0.3) is 5.91 Å². The van der Waals surface area contributed by atoms with Gasteiger partial charge in [-0.3, -0.25) is 24.1 Å². The molecule has 3 amide bonds. The first kappa shape index (κ1) is 46.8. The van der Waals surface area contributed by atoms with E-state index < -0.39 is 71.8 Å². The van der Waals surface area contributed by atoms with Crippen LogP contribution in [-0.2, 0) is 52.7 Å².